The molecule has 0 fully saturated rings. The summed E-state index contributed by atoms with van der Waals surface area (Å²) in [6.07, 6.45) is 1.73. The first-order valence-corrected chi connectivity index (χ1v) is 15.4. The van der Waals surface area contributed by atoms with Gasteiger partial charge in [0.25, 0.3) is 10.0 Å². The highest BCUT2D eigenvalue weighted by atomic mass is 32.2. The van der Waals surface area contributed by atoms with Crippen LogP contribution >= 0.6 is 0 Å². The fourth-order valence-corrected chi connectivity index (χ4v) is 5.86. The largest absolute Gasteiger partial charge is 0.493 e. The summed E-state index contributed by atoms with van der Waals surface area (Å²) in [6, 6.07) is 18.0. The van der Waals surface area contributed by atoms with Crippen LogP contribution < -0.4 is 19.1 Å². The van der Waals surface area contributed by atoms with Crippen molar-refractivity contribution >= 4 is 27.5 Å². The van der Waals surface area contributed by atoms with Crippen molar-refractivity contribution < 1.29 is 27.5 Å². The third kappa shape index (κ3) is 7.82. The van der Waals surface area contributed by atoms with E-state index in [1.807, 2.05) is 45.0 Å². The van der Waals surface area contributed by atoms with Crippen LogP contribution in [-0.4, -0.2) is 58.5 Å². The topological polar surface area (TPSA) is 105 Å². The maximum Gasteiger partial charge on any atom is 0.264 e. The normalized spacial score (nSPS) is 11.9. The van der Waals surface area contributed by atoms with Gasteiger partial charge in [0.2, 0.25) is 11.8 Å². The Hall–Kier alpha value is -4.05. The summed E-state index contributed by atoms with van der Waals surface area (Å²) in [5.74, 6) is -0.190. The summed E-state index contributed by atoms with van der Waals surface area (Å²) < 4.78 is 39.9. The Bertz CT molecular complexity index is 1470. The maximum atomic E-state index is 14.1. The number of sulfonamides is 1. The minimum absolute atomic E-state index is 0.0654. The average molecular weight is 596 g/mol. The molecule has 42 heavy (non-hydrogen) atoms. The number of ether oxygens (including phenoxy) is 2. The zero-order valence-electron chi connectivity index (χ0n) is 25.2. The first-order chi connectivity index (χ1) is 20.0. The predicted octanol–water partition coefficient (Wildman–Crippen LogP) is 4.85. The van der Waals surface area contributed by atoms with Crippen LogP contribution in [0, 0.1) is 13.8 Å². The number of hydrogen-bond donors (Lipinski definition) is 1. The molecule has 9 nitrogen and oxygen atoms in total. The van der Waals surface area contributed by atoms with E-state index in [2.05, 4.69) is 5.32 Å². The molecule has 0 saturated heterocycles. The van der Waals surface area contributed by atoms with Crippen molar-refractivity contribution in [3.63, 3.8) is 0 Å². The molecule has 2 amide bonds. The molecule has 3 rings (SSSR count). The van der Waals surface area contributed by atoms with Crippen LogP contribution in [-0.2, 0) is 26.2 Å². The minimum atomic E-state index is -4.25. The van der Waals surface area contributed by atoms with Crippen molar-refractivity contribution in [2.24, 2.45) is 0 Å². The minimum Gasteiger partial charge on any atom is -0.493 e. The molecule has 0 aliphatic carbocycles. The molecule has 0 aliphatic rings. The fraction of sp³-hybridized carbons (Fsp3) is 0.375. The van der Waals surface area contributed by atoms with Gasteiger partial charge in [-0.05, 0) is 62.6 Å². The fourth-order valence-electron chi connectivity index (χ4n) is 4.43. The Morgan fingerprint density at radius 2 is 1.60 bits per heavy atom. The molecule has 0 bridgehead atoms. The molecule has 3 aromatic rings. The molecule has 0 heterocycles. The third-order valence-electron chi connectivity index (χ3n) is 7.14. The van der Waals surface area contributed by atoms with E-state index < -0.39 is 28.5 Å². The molecule has 1 atom stereocenters. The molecule has 10 heteroatoms. The molecule has 0 aliphatic heterocycles. The molecule has 0 unspecified atom stereocenters. The van der Waals surface area contributed by atoms with Gasteiger partial charge in [-0.1, -0.05) is 55.3 Å². The van der Waals surface area contributed by atoms with Crippen molar-refractivity contribution in [3.8, 4) is 11.5 Å². The summed E-state index contributed by atoms with van der Waals surface area (Å²) >= 11 is 0. The highest BCUT2D eigenvalue weighted by Gasteiger charge is 2.33. The van der Waals surface area contributed by atoms with E-state index in [0.717, 1.165) is 33.8 Å². The number of carbonyl (C=O) groups is 2. The van der Waals surface area contributed by atoms with Gasteiger partial charge in [0.1, 0.15) is 12.6 Å². The van der Waals surface area contributed by atoms with Crippen molar-refractivity contribution in [1.29, 1.82) is 0 Å². The molecule has 0 spiro atoms. The van der Waals surface area contributed by atoms with E-state index in [1.54, 1.807) is 31.2 Å². The summed E-state index contributed by atoms with van der Waals surface area (Å²) in [7, 11) is -1.36. The number of methoxy groups -OCH3 is 2. The number of nitrogens with zero attached hydrogens (tertiary/aromatic N) is 2. The predicted molar refractivity (Wildman–Crippen MR) is 164 cm³/mol. The summed E-state index contributed by atoms with van der Waals surface area (Å²) in [4.78, 5) is 28.6. The van der Waals surface area contributed by atoms with Crippen LogP contribution in [0.25, 0.3) is 0 Å². The molecule has 3 aromatic carbocycles. The van der Waals surface area contributed by atoms with Gasteiger partial charge in [0, 0.05) is 19.2 Å². The summed E-state index contributed by atoms with van der Waals surface area (Å²) in [5.41, 5.74) is 3.08. The highest BCUT2D eigenvalue weighted by molar-refractivity contribution is 7.92. The van der Waals surface area contributed by atoms with Crippen molar-refractivity contribution in [1.82, 2.24) is 10.2 Å². The number of benzene rings is 3. The number of hydrogen-bond acceptors (Lipinski definition) is 6. The second-order valence-electron chi connectivity index (χ2n) is 10.1. The van der Waals surface area contributed by atoms with Gasteiger partial charge in [-0.2, -0.15) is 0 Å². The Morgan fingerprint density at radius 1 is 0.929 bits per heavy atom. The van der Waals surface area contributed by atoms with E-state index >= 15 is 0 Å². The molecule has 0 saturated carbocycles. The van der Waals surface area contributed by atoms with Crippen molar-refractivity contribution in [3.05, 3.63) is 83.4 Å². The van der Waals surface area contributed by atoms with Gasteiger partial charge >= 0.3 is 0 Å². The van der Waals surface area contributed by atoms with Gasteiger partial charge in [-0.25, -0.2) is 8.42 Å². The van der Waals surface area contributed by atoms with Crippen LogP contribution in [0.5, 0.6) is 11.5 Å². The van der Waals surface area contributed by atoms with Crippen LogP contribution in [0.2, 0.25) is 0 Å². The number of nitrogens with one attached hydrogen (secondary N) is 1. The van der Waals surface area contributed by atoms with Crippen molar-refractivity contribution in [2.75, 3.05) is 31.6 Å². The maximum absolute atomic E-state index is 14.1. The van der Waals surface area contributed by atoms with Gasteiger partial charge in [0.05, 0.1) is 24.8 Å². The van der Waals surface area contributed by atoms with E-state index in [9.17, 15) is 18.0 Å². The van der Waals surface area contributed by atoms with Crippen molar-refractivity contribution in [2.45, 2.75) is 58.0 Å². The molecule has 0 aromatic heterocycles. The lowest BCUT2D eigenvalue weighted by Crippen LogP contribution is -2.51. The first-order valence-electron chi connectivity index (χ1n) is 14.0. The lowest BCUT2D eigenvalue weighted by Gasteiger charge is -2.32. The molecule has 0 radical (unpaired) electrons. The monoisotopic (exact) mass is 595 g/mol. The Labute approximate surface area is 249 Å². The number of rotatable bonds is 14. The first kappa shape index (κ1) is 32.5. The van der Waals surface area contributed by atoms with Crippen LogP contribution in [0.4, 0.5) is 5.69 Å². The number of anilines is 1. The smallest absolute Gasteiger partial charge is 0.264 e. The standard InChI is InChI=1S/C32H41N3O6S/c1-7-8-19-33-32(37)25(4)34(21-26-12-10-9-11-24(26)3)31(36)22-35(27-15-13-23(2)14-16-27)42(38,39)28-17-18-29(40-5)30(20-28)41-6/h9-18,20,25H,7-8,19,21-22H2,1-6H3,(H,33,37)/t25-/m1/s1. The van der Waals surface area contributed by atoms with E-state index in [-0.39, 0.29) is 23.1 Å². The van der Waals surface area contributed by atoms with Crippen LogP contribution in [0.3, 0.4) is 0 Å². The highest BCUT2D eigenvalue weighted by Crippen LogP contribution is 2.32. The van der Waals surface area contributed by atoms with Crippen LogP contribution in [0.15, 0.2) is 71.6 Å². The van der Waals surface area contributed by atoms with E-state index in [4.69, 9.17) is 9.47 Å². The summed E-state index contributed by atoms with van der Waals surface area (Å²) in [5, 5.41) is 2.90. The quantitative estimate of drug-likeness (QED) is 0.267. The Morgan fingerprint density at radius 3 is 2.21 bits per heavy atom. The molecular weight excluding hydrogens is 554 g/mol. The number of unbranched alkanes of at least 4 members (excludes halogenated alkanes) is 1. The lowest BCUT2D eigenvalue weighted by atomic mass is 10.1. The Balaban J connectivity index is 2.05. The molecule has 1 N–H and O–H groups in total. The second kappa shape index (κ2) is 14.7. The Kier molecular flexibility index (Phi) is 11.4. The number of aryl methyl sites for hydroxylation is 2. The van der Waals surface area contributed by atoms with E-state index in [1.165, 1.54) is 37.3 Å². The molecule has 226 valence electrons. The van der Waals surface area contributed by atoms with Crippen LogP contribution in [0.1, 0.15) is 43.4 Å². The number of amides is 2. The van der Waals surface area contributed by atoms with Gasteiger partial charge in [-0.15, -0.1) is 0 Å². The summed E-state index contributed by atoms with van der Waals surface area (Å²) in [6.45, 7) is 7.65. The van der Waals surface area contributed by atoms with Gasteiger partial charge in [0.15, 0.2) is 11.5 Å². The third-order valence-corrected chi connectivity index (χ3v) is 8.91. The van der Waals surface area contributed by atoms with E-state index in [0.29, 0.717) is 18.0 Å². The second-order valence-corrected chi connectivity index (χ2v) is 12.0. The lowest BCUT2D eigenvalue weighted by molar-refractivity contribution is -0.139. The average Bonchev–Trinajstić information content (AvgIpc) is 2.99. The number of carbonyl (C=O) groups excluding carboxylic acids is 2. The zero-order chi connectivity index (χ0) is 30.9. The molecular formula is C32H41N3O6S. The van der Waals surface area contributed by atoms with Gasteiger partial charge < -0.3 is 19.7 Å². The SMILES string of the molecule is CCCCNC(=O)[C@@H](C)N(Cc1ccccc1C)C(=O)CN(c1ccc(C)cc1)S(=O)(=O)c1ccc(OC)c(OC)c1. The van der Waals surface area contributed by atoms with Gasteiger partial charge in [-0.3, -0.25) is 13.9 Å². The zero-order valence-corrected chi connectivity index (χ0v) is 26.0.